The minimum Gasteiger partial charge on any atom is -0.306 e. The van der Waals surface area contributed by atoms with Gasteiger partial charge in [0, 0.05) is 30.0 Å². The highest BCUT2D eigenvalue weighted by Crippen LogP contribution is 2.40. The molecule has 0 aromatic rings. The largest absolute Gasteiger partial charge is 0.306 e. The van der Waals surface area contributed by atoms with E-state index in [2.05, 4.69) is 39.9 Å². The van der Waals surface area contributed by atoms with Gasteiger partial charge in [0.15, 0.2) is 0 Å². The lowest BCUT2D eigenvalue weighted by molar-refractivity contribution is -0.145. The van der Waals surface area contributed by atoms with Crippen LogP contribution in [0.5, 0.6) is 0 Å². The van der Waals surface area contributed by atoms with Crippen LogP contribution in [0.25, 0.3) is 0 Å². The Kier molecular flexibility index (Phi) is 3.98. The highest BCUT2D eigenvalue weighted by molar-refractivity contribution is 6.02. The molecule has 2 aliphatic rings. The van der Waals surface area contributed by atoms with Gasteiger partial charge in [0.2, 0.25) is 11.8 Å². The normalized spacial score (nSPS) is 42.4. The van der Waals surface area contributed by atoms with Gasteiger partial charge >= 0.3 is 0 Å². The van der Waals surface area contributed by atoms with E-state index in [0.29, 0.717) is 12.8 Å². The molecule has 0 aliphatic carbocycles. The molecular formula is C16H28N2O2. The van der Waals surface area contributed by atoms with Gasteiger partial charge in [-0.15, -0.1) is 0 Å². The fourth-order valence-electron chi connectivity index (χ4n) is 3.84. The van der Waals surface area contributed by atoms with Crippen LogP contribution in [0.3, 0.4) is 0 Å². The van der Waals surface area contributed by atoms with Gasteiger partial charge in [0.25, 0.3) is 0 Å². The highest BCUT2D eigenvalue weighted by atomic mass is 16.2. The van der Waals surface area contributed by atoms with Crippen LogP contribution in [0.15, 0.2) is 0 Å². The first-order valence-corrected chi connectivity index (χ1v) is 7.90. The Labute approximate surface area is 122 Å². The van der Waals surface area contributed by atoms with E-state index < -0.39 is 0 Å². The van der Waals surface area contributed by atoms with Gasteiger partial charge < -0.3 is 5.32 Å². The smallest absolute Gasteiger partial charge is 0.229 e. The molecule has 2 rings (SSSR count). The third-order valence-corrected chi connectivity index (χ3v) is 5.77. The Morgan fingerprint density at radius 1 is 1.15 bits per heavy atom. The van der Waals surface area contributed by atoms with Crippen molar-refractivity contribution in [1.29, 1.82) is 0 Å². The fraction of sp³-hybridized carbons (Fsp3) is 0.875. The van der Waals surface area contributed by atoms with Crippen molar-refractivity contribution in [1.82, 2.24) is 10.2 Å². The lowest BCUT2D eigenvalue weighted by Crippen LogP contribution is -2.69. The van der Waals surface area contributed by atoms with E-state index in [0.717, 1.165) is 19.3 Å². The van der Waals surface area contributed by atoms with Crippen LogP contribution >= 0.6 is 0 Å². The predicted molar refractivity (Wildman–Crippen MR) is 79.2 cm³/mol. The molecule has 0 bridgehead atoms. The van der Waals surface area contributed by atoms with Crippen LogP contribution in [0.2, 0.25) is 0 Å². The number of rotatable bonds is 3. The maximum absolute atomic E-state index is 12.1. The van der Waals surface area contributed by atoms with Crippen LogP contribution in [-0.2, 0) is 9.59 Å². The summed E-state index contributed by atoms with van der Waals surface area (Å²) in [6, 6.07) is 0.0358. The fourth-order valence-corrected chi connectivity index (χ4v) is 3.84. The third kappa shape index (κ3) is 2.39. The molecule has 2 saturated heterocycles. The zero-order chi connectivity index (χ0) is 15.1. The van der Waals surface area contributed by atoms with Crippen molar-refractivity contribution in [2.75, 3.05) is 0 Å². The number of amides is 2. The summed E-state index contributed by atoms with van der Waals surface area (Å²) in [5.74, 6) is 0.314. The summed E-state index contributed by atoms with van der Waals surface area (Å²) in [5.41, 5.74) is -0.0398. The van der Waals surface area contributed by atoms with Crippen LogP contribution in [-0.4, -0.2) is 33.8 Å². The topological polar surface area (TPSA) is 49.4 Å². The number of carbonyl (C=O) groups excluding carboxylic acids is 2. The molecule has 2 amide bonds. The Morgan fingerprint density at radius 3 is 2.15 bits per heavy atom. The van der Waals surface area contributed by atoms with Crippen molar-refractivity contribution in [2.45, 2.75) is 83.8 Å². The first-order valence-electron chi connectivity index (χ1n) is 7.90. The number of imide groups is 1. The minimum absolute atomic E-state index is 0.00884. The van der Waals surface area contributed by atoms with Gasteiger partial charge in [-0.05, 0) is 39.0 Å². The van der Waals surface area contributed by atoms with Gasteiger partial charge in [0.1, 0.15) is 0 Å². The summed E-state index contributed by atoms with van der Waals surface area (Å²) in [6.07, 6.45) is 3.64. The molecule has 0 spiro atoms. The van der Waals surface area contributed by atoms with Gasteiger partial charge in [-0.2, -0.15) is 0 Å². The molecule has 0 aromatic carbocycles. The first-order chi connectivity index (χ1) is 9.26. The molecule has 114 valence electrons. The van der Waals surface area contributed by atoms with Gasteiger partial charge in [0.05, 0.1) is 0 Å². The average Bonchev–Trinajstić information content (AvgIpc) is 2.74. The van der Waals surface area contributed by atoms with Crippen molar-refractivity contribution in [3.8, 4) is 0 Å². The van der Waals surface area contributed by atoms with Crippen LogP contribution < -0.4 is 5.32 Å². The second-order valence-corrected chi connectivity index (χ2v) is 7.03. The quantitative estimate of drug-likeness (QED) is 0.808. The lowest BCUT2D eigenvalue weighted by atomic mass is 9.68. The van der Waals surface area contributed by atoms with Crippen molar-refractivity contribution >= 4 is 11.8 Å². The molecule has 1 N–H and O–H groups in total. The molecule has 0 radical (unpaired) electrons. The highest BCUT2D eigenvalue weighted by Gasteiger charge is 2.51. The number of hydrogen-bond donors (Lipinski definition) is 1. The molecule has 4 nitrogen and oxygen atoms in total. The summed E-state index contributed by atoms with van der Waals surface area (Å²) in [4.78, 5) is 25.8. The number of nitrogens with zero attached hydrogens (tertiary/aromatic N) is 1. The number of carbonyl (C=O) groups is 2. The molecule has 4 heteroatoms. The Bertz CT molecular complexity index is 407. The molecule has 2 heterocycles. The summed E-state index contributed by atoms with van der Waals surface area (Å²) in [6.45, 7) is 11.0. The van der Waals surface area contributed by atoms with E-state index >= 15 is 0 Å². The van der Waals surface area contributed by atoms with Crippen molar-refractivity contribution in [3.63, 3.8) is 0 Å². The van der Waals surface area contributed by atoms with Crippen molar-refractivity contribution in [3.05, 3.63) is 0 Å². The SMILES string of the molecule is CCC1(C)CC(N2C(=O)CCC2=O)C(C)C(C)(CC)N1. The van der Waals surface area contributed by atoms with E-state index in [-0.39, 0.29) is 34.9 Å². The predicted octanol–water partition coefficient (Wildman–Crippen LogP) is 2.47. The summed E-state index contributed by atoms with van der Waals surface area (Å²) < 4.78 is 0. The molecule has 4 unspecified atom stereocenters. The van der Waals surface area contributed by atoms with E-state index in [4.69, 9.17) is 0 Å². The van der Waals surface area contributed by atoms with Crippen LogP contribution in [0.4, 0.5) is 0 Å². The van der Waals surface area contributed by atoms with Crippen molar-refractivity contribution < 1.29 is 9.59 Å². The zero-order valence-corrected chi connectivity index (χ0v) is 13.5. The van der Waals surface area contributed by atoms with Crippen LogP contribution in [0.1, 0.15) is 66.7 Å². The lowest BCUT2D eigenvalue weighted by Gasteiger charge is -2.55. The average molecular weight is 280 g/mol. The van der Waals surface area contributed by atoms with Gasteiger partial charge in [-0.25, -0.2) is 0 Å². The maximum atomic E-state index is 12.1. The van der Waals surface area contributed by atoms with Gasteiger partial charge in [-0.1, -0.05) is 20.8 Å². The molecular weight excluding hydrogens is 252 g/mol. The zero-order valence-electron chi connectivity index (χ0n) is 13.5. The molecule has 2 fully saturated rings. The molecule has 20 heavy (non-hydrogen) atoms. The number of hydrogen-bond acceptors (Lipinski definition) is 3. The molecule has 0 aromatic heterocycles. The minimum atomic E-state index is -0.0309. The first kappa shape index (κ1) is 15.5. The Hall–Kier alpha value is -0.900. The number of likely N-dealkylation sites (tertiary alicyclic amines) is 1. The van der Waals surface area contributed by atoms with E-state index in [1.54, 1.807) is 4.90 Å². The van der Waals surface area contributed by atoms with Crippen LogP contribution in [0, 0.1) is 5.92 Å². The standard InChI is InChI=1S/C16H28N2O2/c1-6-15(4)10-12(11(3)16(5,7-2)17-15)18-13(19)8-9-14(18)20/h11-12,17H,6-10H2,1-5H3. The summed E-state index contributed by atoms with van der Waals surface area (Å²) in [5, 5.41) is 3.79. The van der Waals surface area contributed by atoms with E-state index in [1.165, 1.54) is 0 Å². The number of nitrogens with one attached hydrogen (secondary N) is 1. The second kappa shape index (κ2) is 5.14. The second-order valence-electron chi connectivity index (χ2n) is 7.03. The van der Waals surface area contributed by atoms with Crippen molar-refractivity contribution in [2.24, 2.45) is 5.92 Å². The Morgan fingerprint density at radius 2 is 1.70 bits per heavy atom. The number of piperidine rings is 1. The maximum Gasteiger partial charge on any atom is 0.229 e. The molecule has 0 saturated carbocycles. The summed E-state index contributed by atoms with van der Waals surface area (Å²) in [7, 11) is 0. The van der Waals surface area contributed by atoms with E-state index in [1.807, 2.05) is 0 Å². The molecule has 4 atom stereocenters. The monoisotopic (exact) mass is 280 g/mol. The summed E-state index contributed by atoms with van der Waals surface area (Å²) >= 11 is 0. The molecule has 2 aliphatic heterocycles. The Balaban J connectivity index is 2.35. The van der Waals surface area contributed by atoms with E-state index in [9.17, 15) is 9.59 Å². The third-order valence-electron chi connectivity index (χ3n) is 5.77. The van der Waals surface area contributed by atoms with Gasteiger partial charge in [-0.3, -0.25) is 14.5 Å².